The minimum absolute atomic E-state index is 0.206. The third-order valence-corrected chi connectivity index (χ3v) is 4.06. The van der Waals surface area contributed by atoms with Crippen molar-refractivity contribution in [3.05, 3.63) is 83.9 Å². The van der Waals surface area contributed by atoms with Gasteiger partial charge in [0.15, 0.2) is 0 Å². The Hall–Kier alpha value is -3.21. The Morgan fingerprint density at radius 1 is 1.04 bits per heavy atom. The minimum Gasteiger partial charge on any atom is -0.355 e. The molecule has 3 rings (SSSR count). The van der Waals surface area contributed by atoms with Crippen LogP contribution in [0.5, 0.6) is 0 Å². The van der Waals surface area contributed by atoms with Crippen molar-refractivity contribution >= 4 is 17.3 Å². The summed E-state index contributed by atoms with van der Waals surface area (Å²) in [5, 5.41) is 6.27. The van der Waals surface area contributed by atoms with E-state index in [9.17, 15) is 4.79 Å². The summed E-state index contributed by atoms with van der Waals surface area (Å²) < 4.78 is 0. The fourth-order valence-electron chi connectivity index (χ4n) is 2.68. The standard InChI is InChI=1S/C21H22N4O/c1-15(2)18-5-3-4-6-19(18)25-17-9-12-23-20(13-17)21(26)24-14-16-7-10-22-11-8-16/h3-13,15H,14H2,1-2H3,(H,23,25)(H,24,26). The first-order chi connectivity index (χ1) is 12.6. The lowest BCUT2D eigenvalue weighted by Gasteiger charge is -2.15. The largest absolute Gasteiger partial charge is 0.355 e. The number of para-hydroxylation sites is 1. The molecule has 5 nitrogen and oxygen atoms in total. The zero-order valence-corrected chi connectivity index (χ0v) is 14.9. The minimum atomic E-state index is -0.206. The summed E-state index contributed by atoms with van der Waals surface area (Å²) in [5.74, 6) is 0.200. The van der Waals surface area contributed by atoms with Crippen LogP contribution < -0.4 is 10.6 Å². The van der Waals surface area contributed by atoms with Gasteiger partial charge < -0.3 is 10.6 Å². The number of nitrogens with one attached hydrogen (secondary N) is 2. The maximum atomic E-state index is 12.4. The van der Waals surface area contributed by atoms with E-state index in [4.69, 9.17) is 0 Å². The van der Waals surface area contributed by atoms with Crippen molar-refractivity contribution in [3.63, 3.8) is 0 Å². The molecule has 0 atom stereocenters. The van der Waals surface area contributed by atoms with Gasteiger partial charge >= 0.3 is 0 Å². The Bertz CT molecular complexity index is 878. The van der Waals surface area contributed by atoms with E-state index in [0.29, 0.717) is 18.2 Å². The van der Waals surface area contributed by atoms with E-state index < -0.39 is 0 Å². The molecule has 5 heteroatoms. The van der Waals surface area contributed by atoms with Gasteiger partial charge in [0.1, 0.15) is 5.69 Å². The molecular weight excluding hydrogens is 324 g/mol. The lowest BCUT2D eigenvalue weighted by Crippen LogP contribution is -2.23. The molecule has 0 bridgehead atoms. The molecule has 0 saturated heterocycles. The molecule has 132 valence electrons. The van der Waals surface area contributed by atoms with Gasteiger partial charge in [-0.3, -0.25) is 14.8 Å². The van der Waals surface area contributed by atoms with Crippen molar-refractivity contribution in [1.29, 1.82) is 0 Å². The Morgan fingerprint density at radius 3 is 2.58 bits per heavy atom. The van der Waals surface area contributed by atoms with Gasteiger partial charge in [0.2, 0.25) is 0 Å². The van der Waals surface area contributed by atoms with Gasteiger partial charge in [-0.05, 0) is 47.4 Å². The molecule has 0 fully saturated rings. The van der Waals surface area contributed by atoms with Crippen LogP contribution in [0.1, 0.15) is 41.4 Å². The molecule has 1 aromatic carbocycles. The number of hydrogen-bond acceptors (Lipinski definition) is 4. The van der Waals surface area contributed by atoms with E-state index in [1.54, 1.807) is 24.7 Å². The molecule has 2 heterocycles. The predicted molar refractivity (Wildman–Crippen MR) is 103 cm³/mol. The topological polar surface area (TPSA) is 66.9 Å². The summed E-state index contributed by atoms with van der Waals surface area (Å²) in [6.07, 6.45) is 5.05. The van der Waals surface area contributed by atoms with Gasteiger partial charge in [-0.15, -0.1) is 0 Å². The van der Waals surface area contributed by atoms with Gasteiger partial charge in [-0.25, -0.2) is 0 Å². The predicted octanol–water partition coefficient (Wildman–Crippen LogP) is 4.27. The molecule has 0 aliphatic rings. The van der Waals surface area contributed by atoms with Gasteiger partial charge in [-0.2, -0.15) is 0 Å². The van der Waals surface area contributed by atoms with Gasteiger partial charge in [0.25, 0.3) is 5.91 Å². The fraction of sp³-hybridized carbons (Fsp3) is 0.190. The highest BCUT2D eigenvalue weighted by molar-refractivity contribution is 5.93. The van der Waals surface area contributed by atoms with E-state index >= 15 is 0 Å². The monoisotopic (exact) mass is 346 g/mol. The van der Waals surface area contributed by atoms with Gasteiger partial charge in [0.05, 0.1) is 0 Å². The highest BCUT2D eigenvalue weighted by Crippen LogP contribution is 2.26. The van der Waals surface area contributed by atoms with Crippen molar-refractivity contribution in [2.45, 2.75) is 26.3 Å². The number of benzene rings is 1. The highest BCUT2D eigenvalue weighted by atomic mass is 16.1. The molecular formula is C21H22N4O. The molecule has 1 amide bonds. The Balaban J connectivity index is 1.71. The summed E-state index contributed by atoms with van der Waals surface area (Å²) >= 11 is 0. The second kappa shape index (κ2) is 8.25. The van der Waals surface area contributed by atoms with E-state index in [1.807, 2.05) is 36.4 Å². The smallest absolute Gasteiger partial charge is 0.270 e. The van der Waals surface area contributed by atoms with Crippen LogP contribution in [0.25, 0.3) is 0 Å². The van der Waals surface area contributed by atoms with Gasteiger partial charge in [0, 0.05) is 36.5 Å². The number of nitrogens with zero attached hydrogens (tertiary/aromatic N) is 2. The molecule has 2 aromatic heterocycles. The van der Waals surface area contributed by atoms with Crippen LogP contribution in [0, 0.1) is 0 Å². The van der Waals surface area contributed by atoms with Crippen LogP contribution in [0.2, 0.25) is 0 Å². The molecule has 2 N–H and O–H groups in total. The van der Waals surface area contributed by atoms with E-state index in [0.717, 1.165) is 16.9 Å². The molecule has 0 unspecified atom stereocenters. The van der Waals surface area contributed by atoms with Crippen LogP contribution >= 0.6 is 0 Å². The lowest BCUT2D eigenvalue weighted by atomic mass is 10.0. The molecule has 0 aliphatic heterocycles. The summed E-state index contributed by atoms with van der Waals surface area (Å²) in [4.78, 5) is 20.5. The molecule has 0 radical (unpaired) electrons. The maximum absolute atomic E-state index is 12.4. The van der Waals surface area contributed by atoms with Crippen LogP contribution in [0.15, 0.2) is 67.1 Å². The molecule has 26 heavy (non-hydrogen) atoms. The van der Waals surface area contributed by atoms with E-state index in [1.165, 1.54) is 5.56 Å². The Kier molecular flexibility index (Phi) is 5.59. The average molecular weight is 346 g/mol. The number of aromatic nitrogens is 2. The number of pyridine rings is 2. The van der Waals surface area contributed by atoms with Crippen molar-refractivity contribution in [3.8, 4) is 0 Å². The van der Waals surface area contributed by atoms with Gasteiger partial charge in [-0.1, -0.05) is 32.0 Å². The first-order valence-corrected chi connectivity index (χ1v) is 8.62. The van der Waals surface area contributed by atoms with Crippen LogP contribution in [-0.2, 0) is 6.54 Å². The number of amides is 1. The first-order valence-electron chi connectivity index (χ1n) is 8.62. The molecule has 0 saturated carbocycles. The summed E-state index contributed by atoms with van der Waals surface area (Å²) in [7, 11) is 0. The first kappa shape index (κ1) is 17.6. The van der Waals surface area contributed by atoms with E-state index in [2.05, 4.69) is 40.5 Å². The summed E-state index contributed by atoms with van der Waals surface area (Å²) in [6.45, 7) is 4.76. The molecule has 0 spiro atoms. The number of carbonyl (C=O) groups excluding carboxylic acids is 1. The summed E-state index contributed by atoms with van der Waals surface area (Å²) in [6, 6.07) is 15.5. The second-order valence-electron chi connectivity index (χ2n) is 6.33. The number of anilines is 2. The number of rotatable bonds is 6. The van der Waals surface area contributed by atoms with Crippen molar-refractivity contribution in [1.82, 2.24) is 15.3 Å². The Morgan fingerprint density at radius 2 is 1.81 bits per heavy atom. The van der Waals surface area contributed by atoms with E-state index in [-0.39, 0.29) is 5.91 Å². The lowest BCUT2D eigenvalue weighted by molar-refractivity contribution is 0.0946. The maximum Gasteiger partial charge on any atom is 0.270 e. The Labute approximate surface area is 153 Å². The number of carbonyl (C=O) groups is 1. The molecule has 3 aromatic rings. The highest BCUT2D eigenvalue weighted by Gasteiger charge is 2.10. The van der Waals surface area contributed by atoms with Crippen molar-refractivity contribution in [2.75, 3.05) is 5.32 Å². The fourth-order valence-corrected chi connectivity index (χ4v) is 2.68. The normalized spacial score (nSPS) is 10.6. The average Bonchev–Trinajstić information content (AvgIpc) is 2.67. The van der Waals surface area contributed by atoms with Crippen molar-refractivity contribution < 1.29 is 4.79 Å². The van der Waals surface area contributed by atoms with Crippen LogP contribution in [0.3, 0.4) is 0 Å². The third kappa shape index (κ3) is 4.45. The zero-order valence-electron chi connectivity index (χ0n) is 14.9. The number of hydrogen-bond donors (Lipinski definition) is 2. The SMILES string of the molecule is CC(C)c1ccccc1Nc1ccnc(C(=O)NCc2ccncc2)c1. The van der Waals surface area contributed by atoms with Crippen LogP contribution in [0.4, 0.5) is 11.4 Å². The summed E-state index contributed by atoms with van der Waals surface area (Å²) in [5.41, 5.74) is 4.48. The quantitative estimate of drug-likeness (QED) is 0.699. The zero-order chi connectivity index (χ0) is 18.4. The van der Waals surface area contributed by atoms with Crippen LogP contribution in [-0.4, -0.2) is 15.9 Å². The second-order valence-corrected chi connectivity index (χ2v) is 6.33. The molecule has 0 aliphatic carbocycles. The van der Waals surface area contributed by atoms with Crippen molar-refractivity contribution in [2.24, 2.45) is 0 Å². The third-order valence-electron chi connectivity index (χ3n) is 4.06.